The number of carbonyl (C=O) groups excluding carboxylic acids is 1. The standard InChI is InChI=1S/C17H23F3N2O2/c1-12(16(23)21-14-5-3-4-6-14)22(2)11-13-7-9-15(10-8-13)24-17(18,19)20/h7-10,12,14H,3-6,11H2,1-2H3,(H,21,23)/t12-/m1/s1. The van der Waals surface area contributed by atoms with Gasteiger partial charge in [-0.25, -0.2) is 0 Å². The minimum absolute atomic E-state index is 0.0126. The van der Waals surface area contributed by atoms with Crippen LogP contribution in [0.25, 0.3) is 0 Å². The van der Waals surface area contributed by atoms with E-state index < -0.39 is 6.36 Å². The molecule has 1 N–H and O–H groups in total. The summed E-state index contributed by atoms with van der Waals surface area (Å²) in [4.78, 5) is 14.1. The Morgan fingerprint density at radius 3 is 2.42 bits per heavy atom. The lowest BCUT2D eigenvalue weighted by atomic mass is 10.1. The third-order valence-electron chi connectivity index (χ3n) is 4.33. The summed E-state index contributed by atoms with van der Waals surface area (Å²) in [5.41, 5.74) is 0.813. The zero-order valence-electron chi connectivity index (χ0n) is 13.9. The second-order valence-electron chi connectivity index (χ2n) is 6.27. The van der Waals surface area contributed by atoms with E-state index in [1.54, 1.807) is 12.1 Å². The van der Waals surface area contributed by atoms with E-state index in [1.165, 1.54) is 12.1 Å². The lowest BCUT2D eigenvalue weighted by Crippen LogP contribution is -2.46. The summed E-state index contributed by atoms with van der Waals surface area (Å²) in [6.45, 7) is 2.29. The van der Waals surface area contributed by atoms with E-state index in [2.05, 4.69) is 10.1 Å². The summed E-state index contributed by atoms with van der Waals surface area (Å²) < 4.78 is 40.3. The van der Waals surface area contributed by atoms with Crippen LogP contribution in [0, 0.1) is 0 Å². The number of alkyl halides is 3. The van der Waals surface area contributed by atoms with Gasteiger partial charge in [0.2, 0.25) is 5.91 Å². The Hall–Kier alpha value is -1.76. The smallest absolute Gasteiger partial charge is 0.406 e. The molecule has 0 aromatic heterocycles. The SMILES string of the molecule is C[C@H](C(=O)NC1CCCC1)N(C)Cc1ccc(OC(F)(F)F)cc1. The van der Waals surface area contributed by atoms with Crippen LogP contribution in [-0.4, -0.2) is 36.3 Å². The molecule has 0 unspecified atom stereocenters. The Labute approximate surface area is 140 Å². The van der Waals surface area contributed by atoms with Gasteiger partial charge in [0, 0.05) is 12.6 Å². The molecule has 134 valence electrons. The number of hydrogen-bond acceptors (Lipinski definition) is 3. The van der Waals surface area contributed by atoms with Crippen molar-refractivity contribution in [2.24, 2.45) is 0 Å². The van der Waals surface area contributed by atoms with Crippen LogP contribution in [0.1, 0.15) is 38.2 Å². The third-order valence-corrected chi connectivity index (χ3v) is 4.33. The molecule has 0 spiro atoms. The van der Waals surface area contributed by atoms with Crippen molar-refractivity contribution in [2.45, 2.75) is 57.6 Å². The summed E-state index contributed by atoms with van der Waals surface area (Å²) in [5, 5.41) is 3.05. The number of hydrogen-bond donors (Lipinski definition) is 1. The van der Waals surface area contributed by atoms with Gasteiger partial charge in [-0.2, -0.15) is 0 Å². The van der Waals surface area contributed by atoms with Crippen molar-refractivity contribution in [3.8, 4) is 5.75 Å². The van der Waals surface area contributed by atoms with E-state index in [-0.39, 0.29) is 23.7 Å². The predicted molar refractivity (Wildman–Crippen MR) is 84.5 cm³/mol. The average Bonchev–Trinajstić information content (AvgIpc) is 2.99. The number of nitrogens with one attached hydrogen (secondary N) is 1. The van der Waals surface area contributed by atoms with Crippen molar-refractivity contribution in [2.75, 3.05) is 7.05 Å². The van der Waals surface area contributed by atoms with Crippen LogP contribution in [0.3, 0.4) is 0 Å². The van der Waals surface area contributed by atoms with Crippen LogP contribution in [0.4, 0.5) is 13.2 Å². The van der Waals surface area contributed by atoms with Crippen LogP contribution in [0.5, 0.6) is 5.75 Å². The van der Waals surface area contributed by atoms with Gasteiger partial charge in [-0.15, -0.1) is 13.2 Å². The number of ether oxygens (including phenoxy) is 1. The first-order chi connectivity index (χ1) is 11.2. The quantitative estimate of drug-likeness (QED) is 0.859. The molecule has 0 radical (unpaired) electrons. The Balaban J connectivity index is 1.86. The largest absolute Gasteiger partial charge is 0.573 e. The number of halogens is 3. The molecule has 0 bridgehead atoms. The van der Waals surface area contributed by atoms with E-state index in [9.17, 15) is 18.0 Å². The average molecular weight is 344 g/mol. The first-order valence-electron chi connectivity index (χ1n) is 8.10. The highest BCUT2D eigenvalue weighted by molar-refractivity contribution is 5.81. The van der Waals surface area contributed by atoms with Crippen molar-refractivity contribution in [1.82, 2.24) is 10.2 Å². The van der Waals surface area contributed by atoms with Crippen molar-refractivity contribution in [3.63, 3.8) is 0 Å². The second kappa shape index (κ2) is 7.88. The molecule has 1 aromatic carbocycles. The maximum Gasteiger partial charge on any atom is 0.573 e. The monoisotopic (exact) mass is 344 g/mol. The maximum absolute atomic E-state index is 12.2. The first kappa shape index (κ1) is 18.6. The van der Waals surface area contributed by atoms with E-state index in [0.29, 0.717) is 6.54 Å². The van der Waals surface area contributed by atoms with Crippen LogP contribution in [0.2, 0.25) is 0 Å². The Morgan fingerprint density at radius 2 is 1.88 bits per heavy atom. The Bertz CT molecular complexity index is 540. The molecule has 0 saturated heterocycles. The molecule has 24 heavy (non-hydrogen) atoms. The number of amides is 1. The maximum atomic E-state index is 12.2. The molecule has 0 aliphatic heterocycles. The molecular formula is C17H23F3N2O2. The summed E-state index contributed by atoms with van der Waals surface area (Å²) in [7, 11) is 1.82. The minimum atomic E-state index is -4.69. The summed E-state index contributed by atoms with van der Waals surface area (Å²) in [6, 6.07) is 5.65. The number of benzene rings is 1. The molecule has 1 fully saturated rings. The molecule has 1 aliphatic rings. The first-order valence-corrected chi connectivity index (χ1v) is 8.10. The number of carbonyl (C=O) groups is 1. The molecular weight excluding hydrogens is 321 g/mol. The van der Waals surface area contributed by atoms with Crippen molar-refractivity contribution in [3.05, 3.63) is 29.8 Å². The highest BCUT2D eigenvalue weighted by atomic mass is 19.4. The molecule has 0 heterocycles. The molecule has 1 aliphatic carbocycles. The van der Waals surface area contributed by atoms with Crippen molar-refractivity contribution < 1.29 is 22.7 Å². The Morgan fingerprint density at radius 1 is 1.29 bits per heavy atom. The van der Waals surface area contributed by atoms with Crippen LogP contribution >= 0.6 is 0 Å². The zero-order valence-corrected chi connectivity index (χ0v) is 13.9. The number of likely N-dealkylation sites (N-methyl/N-ethyl adjacent to an activating group) is 1. The van der Waals surface area contributed by atoms with E-state index in [1.807, 2.05) is 18.9 Å². The Kier molecular flexibility index (Phi) is 6.10. The van der Waals surface area contributed by atoms with Crippen LogP contribution in [0.15, 0.2) is 24.3 Å². The number of rotatable bonds is 6. The number of nitrogens with zero attached hydrogens (tertiary/aromatic N) is 1. The molecule has 1 amide bonds. The van der Waals surface area contributed by atoms with Crippen molar-refractivity contribution in [1.29, 1.82) is 0 Å². The normalized spacial score (nSPS) is 17.1. The molecule has 7 heteroatoms. The van der Waals surface area contributed by atoms with Crippen LogP contribution in [-0.2, 0) is 11.3 Å². The second-order valence-corrected chi connectivity index (χ2v) is 6.27. The van der Waals surface area contributed by atoms with Crippen LogP contribution < -0.4 is 10.1 Å². The lowest BCUT2D eigenvalue weighted by molar-refractivity contribution is -0.274. The van der Waals surface area contributed by atoms with Gasteiger partial charge in [-0.3, -0.25) is 9.69 Å². The van der Waals surface area contributed by atoms with Gasteiger partial charge in [0.25, 0.3) is 0 Å². The van der Waals surface area contributed by atoms with Gasteiger partial charge >= 0.3 is 6.36 Å². The fourth-order valence-corrected chi connectivity index (χ4v) is 2.81. The predicted octanol–water partition coefficient (Wildman–Crippen LogP) is 3.46. The summed E-state index contributed by atoms with van der Waals surface area (Å²) in [6.07, 6.45) is -0.320. The molecule has 1 aromatic rings. The zero-order chi connectivity index (χ0) is 17.7. The summed E-state index contributed by atoms with van der Waals surface area (Å²) >= 11 is 0. The fourth-order valence-electron chi connectivity index (χ4n) is 2.81. The van der Waals surface area contributed by atoms with E-state index in [4.69, 9.17) is 0 Å². The summed E-state index contributed by atoms with van der Waals surface area (Å²) in [5.74, 6) is -0.262. The van der Waals surface area contributed by atoms with Crippen molar-refractivity contribution >= 4 is 5.91 Å². The van der Waals surface area contributed by atoms with E-state index >= 15 is 0 Å². The highest BCUT2D eigenvalue weighted by Gasteiger charge is 2.31. The van der Waals surface area contributed by atoms with Gasteiger partial charge in [0.1, 0.15) is 5.75 Å². The van der Waals surface area contributed by atoms with Gasteiger partial charge in [-0.05, 0) is 44.5 Å². The third kappa shape index (κ3) is 5.70. The topological polar surface area (TPSA) is 41.6 Å². The molecule has 4 nitrogen and oxygen atoms in total. The van der Waals surface area contributed by atoms with Gasteiger partial charge in [0.05, 0.1) is 6.04 Å². The van der Waals surface area contributed by atoms with E-state index in [0.717, 1.165) is 31.2 Å². The van der Waals surface area contributed by atoms with Gasteiger partial charge < -0.3 is 10.1 Å². The van der Waals surface area contributed by atoms with Gasteiger partial charge in [0.15, 0.2) is 0 Å². The fraction of sp³-hybridized carbons (Fsp3) is 0.588. The minimum Gasteiger partial charge on any atom is -0.406 e. The highest BCUT2D eigenvalue weighted by Crippen LogP contribution is 2.23. The molecule has 1 atom stereocenters. The lowest BCUT2D eigenvalue weighted by Gasteiger charge is -2.25. The van der Waals surface area contributed by atoms with Gasteiger partial charge in [-0.1, -0.05) is 25.0 Å². The molecule has 1 saturated carbocycles. The molecule has 2 rings (SSSR count).